The van der Waals surface area contributed by atoms with Crippen molar-refractivity contribution < 1.29 is 8.42 Å². The molecule has 0 aliphatic rings. The first-order chi connectivity index (χ1) is 13.3. The second-order valence-electron chi connectivity index (χ2n) is 5.44. The summed E-state index contributed by atoms with van der Waals surface area (Å²) in [6.45, 7) is 0. The Morgan fingerprint density at radius 1 is 0.893 bits per heavy atom. The first-order valence-electron chi connectivity index (χ1n) is 7.76. The Bertz CT molecular complexity index is 1070. The van der Waals surface area contributed by atoms with Crippen molar-refractivity contribution in [2.24, 2.45) is 0 Å². The molecule has 11 heteroatoms. The van der Waals surface area contributed by atoms with Crippen molar-refractivity contribution in [3.05, 3.63) is 71.0 Å². The number of halogens is 2. The van der Waals surface area contributed by atoms with Crippen LogP contribution >= 0.6 is 35.4 Å². The summed E-state index contributed by atoms with van der Waals surface area (Å²) in [6, 6.07) is 12.6. The van der Waals surface area contributed by atoms with Crippen molar-refractivity contribution in [1.82, 2.24) is 9.97 Å². The topological polar surface area (TPSA) is 96.0 Å². The number of rotatable bonds is 5. The molecular formula is C17H13Cl2N5O2S2. The van der Waals surface area contributed by atoms with Gasteiger partial charge in [-0.05, 0) is 60.7 Å². The Labute approximate surface area is 177 Å². The van der Waals surface area contributed by atoms with E-state index in [0.717, 1.165) is 0 Å². The lowest BCUT2D eigenvalue weighted by atomic mass is 10.3. The van der Waals surface area contributed by atoms with E-state index in [-0.39, 0.29) is 10.8 Å². The van der Waals surface area contributed by atoms with Crippen LogP contribution in [0, 0.1) is 0 Å². The maximum absolute atomic E-state index is 12.4. The Morgan fingerprint density at radius 3 is 2.07 bits per heavy atom. The van der Waals surface area contributed by atoms with Crippen LogP contribution in [-0.2, 0) is 10.0 Å². The number of thiocarbonyl (C=S) groups is 1. The Balaban J connectivity index is 1.66. The van der Waals surface area contributed by atoms with Gasteiger partial charge >= 0.3 is 0 Å². The molecule has 2 aromatic carbocycles. The largest absolute Gasteiger partial charge is 0.332 e. The smallest absolute Gasteiger partial charge is 0.264 e. The van der Waals surface area contributed by atoms with Gasteiger partial charge in [0.2, 0.25) is 5.95 Å². The van der Waals surface area contributed by atoms with Crippen molar-refractivity contribution in [2.45, 2.75) is 4.90 Å². The number of hydrogen-bond donors (Lipinski definition) is 3. The third-order valence-electron chi connectivity index (χ3n) is 3.33. The zero-order chi connectivity index (χ0) is 20.1. The quantitative estimate of drug-likeness (QED) is 0.492. The number of nitrogens with zero attached hydrogens (tertiary/aromatic N) is 2. The lowest BCUT2D eigenvalue weighted by molar-refractivity contribution is 0.601. The van der Waals surface area contributed by atoms with E-state index in [4.69, 9.17) is 35.4 Å². The molecule has 1 heterocycles. The zero-order valence-electron chi connectivity index (χ0n) is 14.1. The summed E-state index contributed by atoms with van der Waals surface area (Å²) in [5.74, 6) is -0.00439. The van der Waals surface area contributed by atoms with Gasteiger partial charge in [-0.15, -0.1) is 0 Å². The summed E-state index contributed by atoms with van der Waals surface area (Å²) in [4.78, 5) is 7.74. The van der Waals surface area contributed by atoms with E-state index in [1.165, 1.54) is 24.5 Å². The fraction of sp³-hybridized carbons (Fsp3) is 0. The van der Waals surface area contributed by atoms with E-state index in [9.17, 15) is 8.42 Å². The van der Waals surface area contributed by atoms with Gasteiger partial charge in [-0.1, -0.05) is 23.2 Å². The molecule has 0 unspecified atom stereocenters. The lowest BCUT2D eigenvalue weighted by Crippen LogP contribution is -2.19. The number of benzene rings is 2. The molecule has 0 fully saturated rings. The average Bonchev–Trinajstić information content (AvgIpc) is 2.61. The fourth-order valence-corrected chi connectivity index (χ4v) is 3.89. The van der Waals surface area contributed by atoms with Crippen LogP contribution in [0.25, 0.3) is 0 Å². The van der Waals surface area contributed by atoms with Gasteiger partial charge in [0.15, 0.2) is 5.11 Å². The summed E-state index contributed by atoms with van der Waals surface area (Å²) >= 11 is 17.1. The highest BCUT2D eigenvalue weighted by Gasteiger charge is 2.15. The van der Waals surface area contributed by atoms with Crippen LogP contribution in [0.2, 0.25) is 10.0 Å². The van der Waals surface area contributed by atoms with Crippen LogP contribution < -0.4 is 15.4 Å². The molecule has 7 nitrogen and oxygen atoms in total. The minimum absolute atomic E-state index is 0.00439. The first-order valence-corrected chi connectivity index (χ1v) is 10.4. The molecule has 3 aromatic rings. The van der Waals surface area contributed by atoms with E-state index in [1.54, 1.807) is 36.4 Å². The second-order valence-corrected chi connectivity index (χ2v) is 8.40. The highest BCUT2D eigenvalue weighted by Crippen LogP contribution is 2.23. The van der Waals surface area contributed by atoms with Crippen LogP contribution in [0.5, 0.6) is 0 Å². The van der Waals surface area contributed by atoms with E-state index in [2.05, 4.69) is 25.3 Å². The summed E-state index contributed by atoms with van der Waals surface area (Å²) < 4.78 is 27.0. The maximum atomic E-state index is 12.4. The molecule has 1 aromatic heterocycles. The second kappa shape index (κ2) is 8.70. The van der Waals surface area contributed by atoms with E-state index in [0.29, 0.717) is 26.5 Å². The first kappa shape index (κ1) is 20.3. The van der Waals surface area contributed by atoms with Gasteiger partial charge in [-0.25, -0.2) is 23.1 Å². The predicted molar refractivity (Wildman–Crippen MR) is 116 cm³/mol. The third kappa shape index (κ3) is 5.52. The van der Waals surface area contributed by atoms with E-state index < -0.39 is 10.0 Å². The molecule has 0 saturated heterocycles. The zero-order valence-corrected chi connectivity index (χ0v) is 17.2. The summed E-state index contributed by atoms with van der Waals surface area (Å²) in [5.41, 5.74) is 1.22. The molecule has 0 aliphatic carbocycles. The van der Waals surface area contributed by atoms with Crippen molar-refractivity contribution in [1.29, 1.82) is 0 Å². The number of anilines is 3. The maximum Gasteiger partial charge on any atom is 0.264 e. The third-order valence-corrected chi connectivity index (χ3v) is 5.32. The molecule has 28 heavy (non-hydrogen) atoms. The van der Waals surface area contributed by atoms with Crippen LogP contribution in [0.15, 0.2) is 65.8 Å². The molecule has 3 rings (SSSR count). The van der Waals surface area contributed by atoms with Gasteiger partial charge in [-0.2, -0.15) is 0 Å². The molecule has 0 saturated carbocycles. The standard InChI is InChI=1S/C17H13Cl2N5O2S2/c18-11-8-12(19)10-14(9-11)23-17(27)22-13-2-4-15(5-3-13)28(25,26)24-16-20-6-1-7-21-16/h1-10H,(H,20,21,24)(H2,22,23,27). The monoisotopic (exact) mass is 453 g/mol. The molecule has 0 bridgehead atoms. The normalized spacial score (nSPS) is 10.9. The molecule has 0 amide bonds. The van der Waals surface area contributed by atoms with Crippen molar-refractivity contribution in [2.75, 3.05) is 15.4 Å². The van der Waals surface area contributed by atoms with Crippen LogP contribution in [0.4, 0.5) is 17.3 Å². The van der Waals surface area contributed by atoms with Gasteiger partial charge in [0.1, 0.15) is 0 Å². The van der Waals surface area contributed by atoms with Gasteiger partial charge in [0.25, 0.3) is 10.0 Å². The molecule has 0 spiro atoms. The van der Waals surface area contributed by atoms with Crippen molar-refractivity contribution in [3.63, 3.8) is 0 Å². The lowest BCUT2D eigenvalue weighted by Gasteiger charge is -2.12. The van der Waals surface area contributed by atoms with Crippen LogP contribution in [0.1, 0.15) is 0 Å². The SMILES string of the molecule is O=S(=O)(Nc1ncccn1)c1ccc(NC(=S)Nc2cc(Cl)cc(Cl)c2)cc1. The Hall–Kier alpha value is -2.46. The van der Waals surface area contributed by atoms with Gasteiger partial charge < -0.3 is 10.6 Å². The molecule has 0 radical (unpaired) electrons. The fourth-order valence-electron chi connectivity index (χ4n) is 2.17. The molecule has 3 N–H and O–H groups in total. The number of aromatic nitrogens is 2. The summed E-state index contributed by atoms with van der Waals surface area (Å²) in [5, 5.41) is 7.15. The molecule has 144 valence electrons. The highest BCUT2D eigenvalue weighted by molar-refractivity contribution is 7.92. The van der Waals surface area contributed by atoms with Crippen molar-refractivity contribution >= 4 is 67.9 Å². The molecule has 0 aliphatic heterocycles. The Morgan fingerprint density at radius 2 is 1.46 bits per heavy atom. The number of nitrogens with one attached hydrogen (secondary N) is 3. The summed E-state index contributed by atoms with van der Waals surface area (Å²) in [6.07, 6.45) is 2.89. The minimum atomic E-state index is -3.80. The number of sulfonamides is 1. The van der Waals surface area contributed by atoms with E-state index in [1.807, 2.05) is 0 Å². The molecular weight excluding hydrogens is 441 g/mol. The van der Waals surface area contributed by atoms with Crippen LogP contribution in [-0.4, -0.2) is 23.5 Å². The van der Waals surface area contributed by atoms with Gasteiger partial charge in [0.05, 0.1) is 4.90 Å². The Kier molecular flexibility index (Phi) is 6.30. The minimum Gasteiger partial charge on any atom is -0.332 e. The summed E-state index contributed by atoms with van der Waals surface area (Å²) in [7, 11) is -3.80. The van der Waals surface area contributed by atoms with Crippen molar-refractivity contribution in [3.8, 4) is 0 Å². The predicted octanol–water partition coefficient (Wildman–Crippen LogP) is 4.39. The van der Waals surface area contributed by atoms with Crippen LogP contribution in [0.3, 0.4) is 0 Å². The van der Waals surface area contributed by atoms with E-state index >= 15 is 0 Å². The molecule has 0 atom stereocenters. The van der Waals surface area contributed by atoms with Gasteiger partial charge in [-0.3, -0.25) is 0 Å². The number of hydrogen-bond acceptors (Lipinski definition) is 5. The highest BCUT2D eigenvalue weighted by atomic mass is 35.5. The van der Waals surface area contributed by atoms with Gasteiger partial charge in [0, 0.05) is 33.8 Å². The average molecular weight is 454 g/mol.